The molecule has 1 aliphatic carbocycles. The number of alkyl halides is 3. The van der Waals surface area contributed by atoms with Crippen molar-refractivity contribution in [2.45, 2.75) is 37.4 Å². The monoisotopic (exact) mass is 283 g/mol. The number of rotatable bonds is 2. The van der Waals surface area contributed by atoms with Crippen molar-refractivity contribution in [2.24, 2.45) is 5.92 Å². The predicted molar refractivity (Wildman–Crippen MR) is 58.4 cm³/mol. The Morgan fingerprint density at radius 3 is 2.16 bits per heavy atom. The summed E-state index contributed by atoms with van der Waals surface area (Å²) >= 11 is 0. The van der Waals surface area contributed by atoms with Crippen LogP contribution in [0.1, 0.15) is 25.7 Å². The number of ether oxygens (including phenoxy) is 1. The van der Waals surface area contributed by atoms with Gasteiger partial charge in [0.05, 0.1) is 13.5 Å². The van der Waals surface area contributed by atoms with Crippen LogP contribution in [0.2, 0.25) is 0 Å². The molecule has 0 bridgehead atoms. The van der Waals surface area contributed by atoms with E-state index in [4.69, 9.17) is 9.90 Å². The van der Waals surface area contributed by atoms with Crippen LogP contribution in [0, 0.1) is 5.92 Å². The summed E-state index contributed by atoms with van der Waals surface area (Å²) in [5.74, 6) is -2.28. The second-order valence-electron chi connectivity index (χ2n) is 4.67. The summed E-state index contributed by atoms with van der Waals surface area (Å²) in [6, 6.07) is 0. The summed E-state index contributed by atoms with van der Waals surface area (Å²) in [5, 5.41) is 10.6. The van der Waals surface area contributed by atoms with Crippen molar-refractivity contribution in [1.29, 1.82) is 0 Å². The lowest BCUT2D eigenvalue weighted by Crippen LogP contribution is -2.69. The summed E-state index contributed by atoms with van der Waals surface area (Å²) < 4.78 is 36.4. The molecule has 110 valence electrons. The van der Waals surface area contributed by atoms with Crippen molar-refractivity contribution >= 4 is 11.9 Å². The van der Waals surface area contributed by atoms with Gasteiger partial charge < -0.3 is 15.2 Å². The molecule has 0 aromatic carbocycles. The Morgan fingerprint density at radius 2 is 1.95 bits per heavy atom. The van der Waals surface area contributed by atoms with E-state index in [1.54, 1.807) is 0 Å². The molecule has 2 aliphatic rings. The number of nitrogens with one attached hydrogen (secondary N) is 1. The SMILES string of the molecule is COC(=O)CC1CNC12CCC2.O=C(O)C(F)(F)F. The van der Waals surface area contributed by atoms with Gasteiger partial charge in [-0.05, 0) is 25.2 Å². The first kappa shape index (κ1) is 15.7. The summed E-state index contributed by atoms with van der Waals surface area (Å²) in [5.41, 5.74) is 0.341. The molecule has 1 unspecified atom stereocenters. The molecule has 1 heterocycles. The summed E-state index contributed by atoms with van der Waals surface area (Å²) in [6.45, 7) is 0.995. The highest BCUT2D eigenvalue weighted by Gasteiger charge is 2.50. The second kappa shape index (κ2) is 5.77. The lowest BCUT2D eigenvalue weighted by atomic mass is 9.62. The Hall–Kier alpha value is -1.31. The minimum atomic E-state index is -5.08. The zero-order valence-electron chi connectivity index (χ0n) is 10.4. The number of carboxylic acids is 1. The second-order valence-corrected chi connectivity index (χ2v) is 4.67. The van der Waals surface area contributed by atoms with Crippen molar-refractivity contribution in [3.05, 3.63) is 0 Å². The molecule has 8 heteroatoms. The Labute approximate surface area is 108 Å². The molecule has 2 fully saturated rings. The molecule has 2 N–H and O–H groups in total. The van der Waals surface area contributed by atoms with E-state index in [2.05, 4.69) is 10.1 Å². The van der Waals surface area contributed by atoms with E-state index in [0.717, 1.165) is 6.54 Å². The third-order valence-electron chi connectivity index (χ3n) is 3.61. The van der Waals surface area contributed by atoms with Crippen LogP contribution in [-0.2, 0) is 14.3 Å². The Balaban J connectivity index is 0.000000224. The number of halogens is 3. The highest BCUT2D eigenvalue weighted by atomic mass is 19.4. The van der Waals surface area contributed by atoms with Gasteiger partial charge in [0.15, 0.2) is 0 Å². The molecule has 0 amide bonds. The molecule has 1 spiro atoms. The molecule has 0 aromatic heterocycles. The van der Waals surface area contributed by atoms with Crippen molar-refractivity contribution in [3.8, 4) is 0 Å². The van der Waals surface area contributed by atoms with Crippen LogP contribution in [0.3, 0.4) is 0 Å². The molecule has 5 nitrogen and oxygen atoms in total. The fourth-order valence-corrected chi connectivity index (χ4v) is 2.23. The van der Waals surface area contributed by atoms with E-state index >= 15 is 0 Å². The van der Waals surface area contributed by atoms with Gasteiger partial charge in [-0.2, -0.15) is 13.2 Å². The van der Waals surface area contributed by atoms with Crippen molar-refractivity contribution in [3.63, 3.8) is 0 Å². The van der Waals surface area contributed by atoms with Crippen LogP contribution >= 0.6 is 0 Å². The first-order chi connectivity index (χ1) is 8.71. The molecular weight excluding hydrogens is 267 g/mol. The minimum absolute atomic E-state index is 0.0622. The first-order valence-corrected chi connectivity index (χ1v) is 5.83. The normalized spacial score (nSPS) is 23.5. The molecule has 2 rings (SSSR count). The lowest BCUT2D eigenvalue weighted by Gasteiger charge is -2.56. The van der Waals surface area contributed by atoms with Gasteiger partial charge >= 0.3 is 18.1 Å². The molecule has 1 saturated carbocycles. The number of carboxylic acid groups (broad SMARTS) is 1. The molecule has 19 heavy (non-hydrogen) atoms. The van der Waals surface area contributed by atoms with E-state index in [0.29, 0.717) is 17.9 Å². The van der Waals surface area contributed by atoms with Gasteiger partial charge in [0.25, 0.3) is 0 Å². The fourth-order valence-electron chi connectivity index (χ4n) is 2.23. The maximum absolute atomic E-state index is 11.0. The van der Waals surface area contributed by atoms with Gasteiger partial charge in [0, 0.05) is 12.1 Å². The van der Waals surface area contributed by atoms with Gasteiger partial charge in [-0.25, -0.2) is 4.79 Å². The van der Waals surface area contributed by atoms with Gasteiger partial charge in [-0.15, -0.1) is 0 Å². The lowest BCUT2D eigenvalue weighted by molar-refractivity contribution is -0.192. The van der Waals surface area contributed by atoms with E-state index in [9.17, 15) is 18.0 Å². The Morgan fingerprint density at radius 1 is 1.42 bits per heavy atom. The van der Waals surface area contributed by atoms with Crippen molar-refractivity contribution in [2.75, 3.05) is 13.7 Å². The number of hydrogen-bond donors (Lipinski definition) is 2. The summed E-state index contributed by atoms with van der Waals surface area (Å²) in [6.07, 6.45) is -0.683. The fraction of sp³-hybridized carbons (Fsp3) is 0.818. The van der Waals surface area contributed by atoms with Crippen molar-refractivity contribution in [1.82, 2.24) is 5.32 Å². The van der Waals surface area contributed by atoms with E-state index in [-0.39, 0.29) is 5.97 Å². The zero-order chi connectivity index (χ0) is 14.7. The first-order valence-electron chi connectivity index (χ1n) is 5.83. The maximum atomic E-state index is 11.0. The van der Waals surface area contributed by atoms with E-state index in [1.165, 1.54) is 26.4 Å². The number of hydrogen-bond acceptors (Lipinski definition) is 4. The molecular formula is C11H16F3NO4. The van der Waals surface area contributed by atoms with Crippen LogP contribution in [-0.4, -0.2) is 42.4 Å². The average molecular weight is 283 g/mol. The quantitative estimate of drug-likeness (QED) is 0.748. The van der Waals surface area contributed by atoms with Gasteiger partial charge in [-0.3, -0.25) is 4.79 Å². The zero-order valence-corrected chi connectivity index (χ0v) is 10.4. The maximum Gasteiger partial charge on any atom is 0.490 e. The van der Waals surface area contributed by atoms with Crippen LogP contribution in [0.15, 0.2) is 0 Å². The number of carbonyl (C=O) groups is 2. The molecule has 0 radical (unpaired) electrons. The highest BCUT2D eigenvalue weighted by Crippen LogP contribution is 2.45. The van der Waals surface area contributed by atoms with Gasteiger partial charge in [0.2, 0.25) is 0 Å². The molecule has 1 aliphatic heterocycles. The predicted octanol–water partition coefficient (Wildman–Crippen LogP) is 1.32. The Bertz CT molecular complexity index is 347. The third-order valence-corrected chi connectivity index (χ3v) is 3.61. The average Bonchev–Trinajstić information content (AvgIpc) is 2.21. The van der Waals surface area contributed by atoms with Gasteiger partial charge in [-0.1, -0.05) is 0 Å². The number of carbonyl (C=O) groups excluding carboxylic acids is 1. The number of methoxy groups -OCH3 is 1. The Kier molecular flexibility index (Phi) is 4.78. The van der Waals surface area contributed by atoms with Crippen LogP contribution in [0.5, 0.6) is 0 Å². The van der Waals surface area contributed by atoms with Crippen LogP contribution in [0.4, 0.5) is 13.2 Å². The molecule has 1 saturated heterocycles. The molecule has 0 aromatic rings. The van der Waals surface area contributed by atoms with Crippen molar-refractivity contribution < 1.29 is 32.6 Å². The minimum Gasteiger partial charge on any atom is -0.475 e. The number of aliphatic carboxylic acids is 1. The highest BCUT2D eigenvalue weighted by molar-refractivity contribution is 5.73. The summed E-state index contributed by atoms with van der Waals surface area (Å²) in [7, 11) is 1.46. The largest absolute Gasteiger partial charge is 0.490 e. The van der Waals surface area contributed by atoms with E-state index in [1.807, 2.05) is 0 Å². The van der Waals surface area contributed by atoms with E-state index < -0.39 is 12.1 Å². The van der Waals surface area contributed by atoms with Gasteiger partial charge in [0.1, 0.15) is 0 Å². The standard InChI is InChI=1S/C9H15NO2.C2HF3O2/c1-12-8(11)5-7-6-10-9(7)3-2-4-9;3-2(4,5)1(6)7/h7,10H,2-6H2,1H3;(H,6,7). The smallest absolute Gasteiger partial charge is 0.475 e. The molecule has 1 atom stereocenters. The third kappa shape index (κ3) is 3.82. The number of esters is 1. The van der Waals surface area contributed by atoms with Crippen LogP contribution < -0.4 is 5.32 Å². The topological polar surface area (TPSA) is 75.6 Å². The van der Waals surface area contributed by atoms with Crippen LogP contribution in [0.25, 0.3) is 0 Å². The summed E-state index contributed by atoms with van der Waals surface area (Å²) in [4.78, 5) is 19.9.